The molecule has 1 saturated carbocycles. The summed E-state index contributed by atoms with van der Waals surface area (Å²) in [7, 11) is 0. The minimum Gasteiger partial charge on any atom is -0.373 e. The minimum atomic E-state index is -0.702. The van der Waals surface area contributed by atoms with Crippen molar-refractivity contribution in [1.82, 2.24) is 19.7 Å². The van der Waals surface area contributed by atoms with Crippen LogP contribution in [0.25, 0.3) is 22.2 Å². The summed E-state index contributed by atoms with van der Waals surface area (Å²) in [5, 5.41) is 15.2. The molecule has 35 heavy (non-hydrogen) atoms. The number of aromatic nitrogens is 4. The molecular weight excluding hydrogens is 448 g/mol. The molecule has 2 fully saturated rings. The number of rotatable bonds is 4. The van der Waals surface area contributed by atoms with Gasteiger partial charge >= 0.3 is 0 Å². The molecule has 2 atom stereocenters. The van der Waals surface area contributed by atoms with Gasteiger partial charge in [-0.1, -0.05) is 0 Å². The van der Waals surface area contributed by atoms with E-state index in [-0.39, 0.29) is 17.6 Å². The number of halogens is 2. The highest BCUT2D eigenvalue weighted by atomic mass is 19.1. The summed E-state index contributed by atoms with van der Waals surface area (Å²) in [6, 6.07) is 9.85. The molecule has 1 aromatic carbocycles. The van der Waals surface area contributed by atoms with Gasteiger partial charge in [-0.05, 0) is 56.9 Å². The Morgan fingerprint density at radius 2 is 1.97 bits per heavy atom. The molecule has 6 nitrogen and oxygen atoms in total. The molecule has 2 aliphatic rings. The van der Waals surface area contributed by atoms with Crippen LogP contribution >= 0.6 is 0 Å². The molecule has 0 spiro atoms. The molecule has 1 aliphatic carbocycles. The Morgan fingerprint density at radius 3 is 2.74 bits per heavy atom. The molecular formula is C27H23F2N5O. The Kier molecular flexibility index (Phi) is 5.30. The van der Waals surface area contributed by atoms with Crippen LogP contribution in [0.4, 0.5) is 8.78 Å². The van der Waals surface area contributed by atoms with E-state index >= 15 is 0 Å². The average molecular weight is 472 g/mol. The molecule has 0 N–H and O–H groups in total. The first kappa shape index (κ1) is 21.8. The van der Waals surface area contributed by atoms with Gasteiger partial charge in [0.2, 0.25) is 0 Å². The lowest BCUT2D eigenvalue weighted by atomic mass is 9.86. The Labute approximate surface area is 201 Å². The number of hydrogen-bond acceptors (Lipinski definition) is 5. The molecule has 8 heteroatoms. The minimum absolute atomic E-state index is 0.0818. The zero-order valence-electron chi connectivity index (χ0n) is 19.2. The fraction of sp³-hybridized carbons (Fsp3) is 0.333. The maximum absolute atomic E-state index is 14.9. The molecule has 6 rings (SSSR count). The normalized spacial score (nSPS) is 20.2. The first-order valence-electron chi connectivity index (χ1n) is 11.8. The third-order valence-electron chi connectivity index (χ3n) is 6.90. The zero-order chi connectivity index (χ0) is 24.1. The van der Waals surface area contributed by atoms with E-state index in [9.17, 15) is 14.0 Å². The maximum Gasteiger partial charge on any atom is 0.135 e. The Morgan fingerprint density at radius 1 is 1.11 bits per heavy atom. The van der Waals surface area contributed by atoms with Crippen molar-refractivity contribution in [3.05, 3.63) is 76.9 Å². The molecule has 4 heterocycles. The van der Waals surface area contributed by atoms with Gasteiger partial charge in [-0.25, -0.2) is 8.78 Å². The summed E-state index contributed by atoms with van der Waals surface area (Å²) in [5.74, 6) is -1.44. The molecule has 4 aromatic rings. The van der Waals surface area contributed by atoms with Crippen molar-refractivity contribution in [2.24, 2.45) is 0 Å². The fourth-order valence-corrected chi connectivity index (χ4v) is 4.92. The van der Waals surface area contributed by atoms with Crippen molar-refractivity contribution >= 4 is 10.9 Å². The van der Waals surface area contributed by atoms with Crippen LogP contribution in [0.5, 0.6) is 0 Å². The predicted octanol–water partition coefficient (Wildman–Crippen LogP) is 5.92. The molecule has 176 valence electrons. The summed E-state index contributed by atoms with van der Waals surface area (Å²) in [6.07, 6.45) is 7.34. The van der Waals surface area contributed by atoms with Gasteiger partial charge in [-0.15, -0.1) is 0 Å². The van der Waals surface area contributed by atoms with Crippen LogP contribution in [0, 0.1) is 29.9 Å². The molecule has 0 amide bonds. The van der Waals surface area contributed by atoms with E-state index in [1.807, 2.05) is 24.0 Å². The topological polar surface area (TPSA) is 76.6 Å². The first-order chi connectivity index (χ1) is 17.0. The third-order valence-corrected chi connectivity index (χ3v) is 6.90. The van der Waals surface area contributed by atoms with E-state index in [2.05, 4.69) is 16.2 Å². The van der Waals surface area contributed by atoms with Gasteiger partial charge in [0.25, 0.3) is 0 Å². The van der Waals surface area contributed by atoms with Crippen LogP contribution in [-0.4, -0.2) is 26.4 Å². The van der Waals surface area contributed by atoms with E-state index in [0.29, 0.717) is 53.3 Å². The lowest BCUT2D eigenvalue weighted by Gasteiger charge is -2.29. The molecule has 0 bridgehead atoms. The van der Waals surface area contributed by atoms with E-state index in [1.54, 1.807) is 12.1 Å². The molecule has 0 unspecified atom stereocenters. The second-order valence-electron chi connectivity index (χ2n) is 9.37. The summed E-state index contributed by atoms with van der Waals surface area (Å²) in [6.45, 7) is 2.36. The first-order valence-corrected chi connectivity index (χ1v) is 11.8. The third kappa shape index (κ3) is 3.96. The highest BCUT2D eigenvalue weighted by Gasteiger charge is 2.32. The van der Waals surface area contributed by atoms with E-state index in [4.69, 9.17) is 9.72 Å². The predicted molar refractivity (Wildman–Crippen MR) is 126 cm³/mol. The van der Waals surface area contributed by atoms with Crippen LogP contribution in [0.1, 0.15) is 66.3 Å². The summed E-state index contributed by atoms with van der Waals surface area (Å²) < 4.78 is 36.6. The van der Waals surface area contributed by atoms with Crippen molar-refractivity contribution in [2.75, 3.05) is 6.61 Å². The monoisotopic (exact) mass is 471 g/mol. The number of ether oxygens (including phenoxy) is 1. The average Bonchev–Trinajstić information content (AvgIpc) is 3.59. The second kappa shape index (κ2) is 8.51. The number of fused-ring (bicyclic) bond motifs is 1. The maximum atomic E-state index is 14.9. The van der Waals surface area contributed by atoms with Crippen molar-refractivity contribution in [3.8, 4) is 17.3 Å². The lowest BCUT2D eigenvalue weighted by Crippen LogP contribution is -2.20. The van der Waals surface area contributed by atoms with Gasteiger partial charge in [0.1, 0.15) is 23.3 Å². The van der Waals surface area contributed by atoms with Gasteiger partial charge in [0.15, 0.2) is 0 Å². The number of nitrogens with zero attached hydrogens (tertiary/aromatic N) is 5. The van der Waals surface area contributed by atoms with Crippen molar-refractivity contribution < 1.29 is 13.5 Å². The van der Waals surface area contributed by atoms with Crippen molar-refractivity contribution in [3.63, 3.8) is 0 Å². The van der Waals surface area contributed by atoms with E-state index < -0.39 is 11.6 Å². The quantitative estimate of drug-likeness (QED) is 0.369. The zero-order valence-corrected chi connectivity index (χ0v) is 19.2. The van der Waals surface area contributed by atoms with Gasteiger partial charge in [-0.2, -0.15) is 10.4 Å². The summed E-state index contributed by atoms with van der Waals surface area (Å²) >= 11 is 0. The molecule has 1 saturated heterocycles. The largest absolute Gasteiger partial charge is 0.373 e. The lowest BCUT2D eigenvalue weighted by molar-refractivity contribution is 0.00459. The fourth-order valence-electron chi connectivity index (χ4n) is 4.92. The highest BCUT2D eigenvalue weighted by Crippen LogP contribution is 2.42. The van der Waals surface area contributed by atoms with Crippen LogP contribution in [0.3, 0.4) is 0 Å². The smallest absolute Gasteiger partial charge is 0.135 e. The number of aryl methyl sites for hydroxylation is 1. The van der Waals surface area contributed by atoms with Crippen LogP contribution in [-0.2, 0) is 4.74 Å². The number of pyridine rings is 2. The Bertz CT molecular complexity index is 1490. The van der Waals surface area contributed by atoms with Gasteiger partial charge in [0, 0.05) is 47.0 Å². The number of hydrogen-bond donors (Lipinski definition) is 0. The van der Waals surface area contributed by atoms with E-state index in [1.165, 1.54) is 12.1 Å². The van der Waals surface area contributed by atoms with Crippen molar-refractivity contribution in [2.45, 2.75) is 50.7 Å². The van der Waals surface area contributed by atoms with E-state index in [0.717, 1.165) is 30.2 Å². The Balaban J connectivity index is 1.47. The standard InChI is InChI=1S/C27H23F2N5O/c1-15-2-6-21-26(20-7-3-18(28)11-23(20)29)33-25(22(12-30)27(21)32-15)16-8-9-35-24(10-16)17-13-31-34(14-17)19-4-5-19/h2-3,6-7,11,13-14,16,19,24H,4-5,8-10H2,1H3/t16-,24-/m0/s1. The van der Waals surface area contributed by atoms with Crippen molar-refractivity contribution in [1.29, 1.82) is 5.26 Å². The van der Waals surface area contributed by atoms with Gasteiger partial charge in [0.05, 0.1) is 35.2 Å². The van der Waals surface area contributed by atoms with Crippen LogP contribution in [0.2, 0.25) is 0 Å². The highest BCUT2D eigenvalue weighted by molar-refractivity contribution is 5.96. The summed E-state index contributed by atoms with van der Waals surface area (Å²) in [4.78, 5) is 9.49. The van der Waals surface area contributed by atoms with Gasteiger partial charge in [-0.3, -0.25) is 14.6 Å². The number of benzene rings is 1. The molecule has 1 aliphatic heterocycles. The molecule has 0 radical (unpaired) electrons. The second-order valence-corrected chi connectivity index (χ2v) is 9.37. The SMILES string of the molecule is Cc1ccc2c(-c3ccc(F)cc3F)nc([C@H]3CCO[C@H](c4cnn(C5CC5)c4)C3)c(C#N)c2n1. The van der Waals surface area contributed by atoms with Crippen LogP contribution < -0.4 is 0 Å². The Hall–Kier alpha value is -3.70. The van der Waals surface area contributed by atoms with Gasteiger partial charge < -0.3 is 4.74 Å². The van der Waals surface area contributed by atoms with Crippen LogP contribution in [0.15, 0.2) is 42.7 Å². The summed E-state index contributed by atoms with van der Waals surface area (Å²) in [5.41, 5.74) is 3.77. The number of nitriles is 1. The molecule has 3 aromatic heterocycles.